The van der Waals surface area contributed by atoms with Crippen LogP contribution in [0.5, 0.6) is 5.75 Å². The molecule has 3 rings (SSSR count). The Kier molecular flexibility index (Phi) is 3.10. The first-order chi connectivity index (χ1) is 8.67. The van der Waals surface area contributed by atoms with Crippen LogP contribution in [0.2, 0.25) is 0 Å². The van der Waals surface area contributed by atoms with Crippen molar-refractivity contribution < 1.29 is 9.53 Å². The number of carbonyl (C=O) groups excluding carboxylic acids is 1. The highest BCUT2D eigenvalue weighted by molar-refractivity contribution is 8.01. The SMILES string of the molecule is CC1(C(=O)c2cccc(OC3CC3)c2)CCCS1. The van der Waals surface area contributed by atoms with Gasteiger partial charge in [0, 0.05) is 5.56 Å². The van der Waals surface area contributed by atoms with E-state index in [1.54, 1.807) is 11.8 Å². The quantitative estimate of drug-likeness (QED) is 0.774. The maximum atomic E-state index is 12.5. The van der Waals surface area contributed by atoms with Crippen molar-refractivity contribution in [2.24, 2.45) is 0 Å². The highest BCUT2D eigenvalue weighted by Gasteiger charge is 2.37. The van der Waals surface area contributed by atoms with Crippen molar-refractivity contribution in [1.82, 2.24) is 0 Å². The van der Waals surface area contributed by atoms with Crippen LogP contribution < -0.4 is 4.74 Å². The second-order valence-corrected chi connectivity index (χ2v) is 6.96. The van der Waals surface area contributed by atoms with Crippen molar-refractivity contribution in [3.05, 3.63) is 29.8 Å². The van der Waals surface area contributed by atoms with E-state index in [-0.39, 0.29) is 10.5 Å². The topological polar surface area (TPSA) is 26.3 Å². The van der Waals surface area contributed by atoms with Gasteiger partial charge in [-0.2, -0.15) is 0 Å². The van der Waals surface area contributed by atoms with Gasteiger partial charge in [0.15, 0.2) is 5.78 Å². The Hall–Kier alpha value is -0.960. The molecule has 1 aromatic rings. The first kappa shape index (κ1) is 12.1. The number of rotatable bonds is 4. The first-order valence-corrected chi connectivity index (χ1v) is 7.61. The zero-order valence-corrected chi connectivity index (χ0v) is 11.5. The summed E-state index contributed by atoms with van der Waals surface area (Å²) in [6, 6.07) is 7.68. The molecule has 2 aliphatic rings. The number of Topliss-reactive ketones (excluding diaryl/α,β-unsaturated/α-hetero) is 1. The highest BCUT2D eigenvalue weighted by atomic mass is 32.2. The molecule has 1 aliphatic heterocycles. The molecule has 3 heteroatoms. The Morgan fingerprint density at radius 1 is 1.44 bits per heavy atom. The highest BCUT2D eigenvalue weighted by Crippen LogP contribution is 2.40. The normalized spacial score (nSPS) is 27.2. The fraction of sp³-hybridized carbons (Fsp3) is 0.533. The van der Waals surface area contributed by atoms with Crippen molar-refractivity contribution in [2.45, 2.75) is 43.5 Å². The zero-order chi connectivity index (χ0) is 12.6. The molecule has 0 aromatic heterocycles. The summed E-state index contributed by atoms with van der Waals surface area (Å²) in [7, 11) is 0. The van der Waals surface area contributed by atoms with Gasteiger partial charge in [-0.15, -0.1) is 11.8 Å². The summed E-state index contributed by atoms with van der Waals surface area (Å²) in [5, 5.41) is 0. The van der Waals surface area contributed by atoms with Crippen LogP contribution in [-0.2, 0) is 0 Å². The van der Waals surface area contributed by atoms with Gasteiger partial charge in [-0.1, -0.05) is 12.1 Å². The van der Waals surface area contributed by atoms with Crippen molar-refractivity contribution in [3.8, 4) is 5.75 Å². The van der Waals surface area contributed by atoms with Crippen LogP contribution >= 0.6 is 11.8 Å². The summed E-state index contributed by atoms with van der Waals surface area (Å²) in [5.41, 5.74) is 0.796. The van der Waals surface area contributed by atoms with Crippen LogP contribution in [0.3, 0.4) is 0 Å². The van der Waals surface area contributed by atoms with E-state index in [0.717, 1.165) is 42.7 Å². The standard InChI is InChI=1S/C15H18O2S/c1-15(8-3-9-18-15)14(16)11-4-2-5-13(10-11)17-12-6-7-12/h2,4-5,10,12H,3,6-9H2,1H3. The molecule has 0 amide bonds. The van der Waals surface area contributed by atoms with E-state index in [1.165, 1.54) is 0 Å². The summed E-state index contributed by atoms with van der Waals surface area (Å²) >= 11 is 1.79. The summed E-state index contributed by atoms with van der Waals surface area (Å²) in [4.78, 5) is 12.5. The number of hydrogen-bond donors (Lipinski definition) is 0. The number of thioether (sulfide) groups is 1. The molecule has 1 aliphatic carbocycles. The van der Waals surface area contributed by atoms with Gasteiger partial charge in [0.1, 0.15) is 5.75 Å². The van der Waals surface area contributed by atoms with Crippen LogP contribution in [-0.4, -0.2) is 22.4 Å². The van der Waals surface area contributed by atoms with Gasteiger partial charge in [-0.3, -0.25) is 4.79 Å². The van der Waals surface area contributed by atoms with E-state index in [0.29, 0.717) is 6.10 Å². The third-order valence-electron chi connectivity index (χ3n) is 3.62. The van der Waals surface area contributed by atoms with Gasteiger partial charge in [-0.25, -0.2) is 0 Å². The second-order valence-electron chi connectivity index (χ2n) is 5.36. The lowest BCUT2D eigenvalue weighted by molar-refractivity contribution is 0.0948. The van der Waals surface area contributed by atoms with E-state index in [1.807, 2.05) is 24.3 Å². The third kappa shape index (κ3) is 2.41. The molecule has 1 saturated carbocycles. The van der Waals surface area contributed by atoms with Crippen LogP contribution in [0.1, 0.15) is 43.0 Å². The minimum absolute atomic E-state index is 0.224. The second kappa shape index (κ2) is 4.61. The molecule has 1 atom stereocenters. The molecule has 18 heavy (non-hydrogen) atoms. The molecule has 1 heterocycles. The predicted octanol–water partition coefficient (Wildman–Crippen LogP) is 3.70. The lowest BCUT2D eigenvalue weighted by Gasteiger charge is -2.21. The minimum Gasteiger partial charge on any atom is -0.490 e. The Morgan fingerprint density at radius 3 is 2.94 bits per heavy atom. The van der Waals surface area contributed by atoms with Gasteiger partial charge in [0.05, 0.1) is 10.9 Å². The Labute approximate surface area is 112 Å². The van der Waals surface area contributed by atoms with Crippen molar-refractivity contribution in [3.63, 3.8) is 0 Å². The maximum absolute atomic E-state index is 12.5. The van der Waals surface area contributed by atoms with Gasteiger partial charge in [0.25, 0.3) is 0 Å². The maximum Gasteiger partial charge on any atom is 0.178 e. The summed E-state index contributed by atoms with van der Waals surface area (Å²) in [6.07, 6.45) is 4.80. The molecule has 0 bridgehead atoms. The van der Waals surface area contributed by atoms with E-state index >= 15 is 0 Å². The smallest absolute Gasteiger partial charge is 0.178 e. The number of benzene rings is 1. The van der Waals surface area contributed by atoms with Gasteiger partial charge in [0.2, 0.25) is 0 Å². The molecular weight excluding hydrogens is 244 g/mol. The number of carbonyl (C=O) groups is 1. The summed E-state index contributed by atoms with van der Waals surface area (Å²) in [6.45, 7) is 2.07. The van der Waals surface area contributed by atoms with Crippen molar-refractivity contribution in [1.29, 1.82) is 0 Å². The molecule has 1 aromatic carbocycles. The van der Waals surface area contributed by atoms with Crippen LogP contribution in [0, 0.1) is 0 Å². The third-order valence-corrected chi connectivity index (χ3v) is 5.14. The predicted molar refractivity (Wildman–Crippen MR) is 74.5 cm³/mol. The van der Waals surface area contributed by atoms with Crippen LogP contribution in [0.15, 0.2) is 24.3 Å². The van der Waals surface area contributed by atoms with Gasteiger partial charge in [-0.05, 0) is 50.5 Å². The van der Waals surface area contributed by atoms with E-state index in [2.05, 4.69) is 6.92 Å². The lowest BCUT2D eigenvalue weighted by atomic mass is 9.94. The molecule has 1 saturated heterocycles. The molecule has 0 spiro atoms. The molecular formula is C15H18O2S. The van der Waals surface area contributed by atoms with Crippen molar-refractivity contribution >= 4 is 17.5 Å². The Bertz CT molecular complexity index is 459. The molecule has 96 valence electrons. The van der Waals surface area contributed by atoms with Gasteiger partial charge >= 0.3 is 0 Å². The largest absolute Gasteiger partial charge is 0.490 e. The zero-order valence-electron chi connectivity index (χ0n) is 10.6. The van der Waals surface area contributed by atoms with E-state index in [9.17, 15) is 4.79 Å². The monoisotopic (exact) mass is 262 g/mol. The molecule has 1 unspecified atom stereocenters. The summed E-state index contributed by atoms with van der Waals surface area (Å²) in [5.74, 6) is 2.20. The van der Waals surface area contributed by atoms with E-state index < -0.39 is 0 Å². The van der Waals surface area contributed by atoms with Crippen LogP contribution in [0.25, 0.3) is 0 Å². The molecule has 0 radical (unpaired) electrons. The average molecular weight is 262 g/mol. The molecule has 2 nitrogen and oxygen atoms in total. The number of ketones is 1. The molecule has 2 fully saturated rings. The first-order valence-electron chi connectivity index (χ1n) is 6.63. The fourth-order valence-corrected chi connectivity index (χ4v) is 3.63. The Morgan fingerprint density at radius 2 is 2.28 bits per heavy atom. The van der Waals surface area contributed by atoms with E-state index in [4.69, 9.17) is 4.74 Å². The molecule has 0 N–H and O–H groups in total. The minimum atomic E-state index is -0.224. The fourth-order valence-electron chi connectivity index (χ4n) is 2.35. The van der Waals surface area contributed by atoms with Gasteiger partial charge < -0.3 is 4.74 Å². The van der Waals surface area contributed by atoms with Crippen molar-refractivity contribution in [2.75, 3.05) is 5.75 Å². The number of hydrogen-bond acceptors (Lipinski definition) is 3. The number of ether oxygens (including phenoxy) is 1. The lowest BCUT2D eigenvalue weighted by Crippen LogP contribution is -2.28. The Balaban J connectivity index is 1.79. The van der Waals surface area contributed by atoms with Crippen LogP contribution in [0.4, 0.5) is 0 Å². The average Bonchev–Trinajstić information content (AvgIpc) is 3.08. The summed E-state index contributed by atoms with van der Waals surface area (Å²) < 4.78 is 5.53.